The van der Waals surface area contributed by atoms with E-state index >= 15 is 0 Å². The van der Waals surface area contributed by atoms with E-state index in [9.17, 15) is 4.79 Å². The van der Waals surface area contributed by atoms with Crippen LogP contribution in [-0.2, 0) is 11.3 Å². The number of benzene rings is 1. The number of amides is 1. The first-order chi connectivity index (χ1) is 9.90. The summed E-state index contributed by atoms with van der Waals surface area (Å²) >= 11 is 1.61. The number of thioether (sulfide) groups is 1. The lowest BCUT2D eigenvalue weighted by Gasteiger charge is -2.21. The number of nitrogens with zero attached hydrogens (tertiary/aromatic N) is 1. The van der Waals surface area contributed by atoms with Crippen LogP contribution in [0.15, 0.2) is 29.2 Å². The molecule has 0 spiro atoms. The van der Waals surface area contributed by atoms with E-state index in [1.165, 1.54) is 5.56 Å². The Morgan fingerprint density at radius 3 is 2.62 bits per heavy atom. The highest BCUT2D eigenvalue weighted by molar-refractivity contribution is 8.00. The van der Waals surface area contributed by atoms with Crippen molar-refractivity contribution in [2.24, 2.45) is 5.92 Å². The van der Waals surface area contributed by atoms with Crippen molar-refractivity contribution in [2.45, 2.75) is 45.2 Å². The quantitative estimate of drug-likeness (QED) is 0.747. The predicted molar refractivity (Wildman–Crippen MR) is 91.6 cm³/mol. The van der Waals surface area contributed by atoms with Gasteiger partial charge in [0.05, 0.1) is 5.75 Å². The molecule has 1 aromatic rings. The van der Waals surface area contributed by atoms with E-state index in [1.807, 2.05) is 20.9 Å². The van der Waals surface area contributed by atoms with Crippen molar-refractivity contribution in [1.82, 2.24) is 10.2 Å². The molecule has 0 heterocycles. The summed E-state index contributed by atoms with van der Waals surface area (Å²) in [7, 11) is 1.86. The molecule has 0 aliphatic heterocycles. The van der Waals surface area contributed by atoms with E-state index in [1.54, 1.807) is 16.7 Å². The molecule has 1 aromatic carbocycles. The van der Waals surface area contributed by atoms with Gasteiger partial charge in [-0.3, -0.25) is 4.79 Å². The number of hydrogen-bond donors (Lipinski definition) is 1. The molecule has 3 nitrogen and oxygen atoms in total. The van der Waals surface area contributed by atoms with Crippen LogP contribution < -0.4 is 5.32 Å². The van der Waals surface area contributed by atoms with E-state index in [2.05, 4.69) is 43.4 Å². The van der Waals surface area contributed by atoms with E-state index in [-0.39, 0.29) is 11.9 Å². The Hall–Kier alpha value is -1.00. The fraction of sp³-hybridized carbons (Fsp3) is 0.588. The first kappa shape index (κ1) is 18.1. The third-order valence-electron chi connectivity index (χ3n) is 3.31. The van der Waals surface area contributed by atoms with Crippen molar-refractivity contribution < 1.29 is 4.79 Å². The van der Waals surface area contributed by atoms with Crippen LogP contribution >= 0.6 is 11.8 Å². The number of rotatable bonds is 8. The molecule has 0 aliphatic rings. The van der Waals surface area contributed by atoms with Crippen molar-refractivity contribution in [2.75, 3.05) is 19.3 Å². The minimum atomic E-state index is 0.179. The maximum Gasteiger partial charge on any atom is 0.232 e. The molecule has 0 aromatic heterocycles. The highest BCUT2D eigenvalue weighted by Crippen LogP contribution is 2.20. The van der Waals surface area contributed by atoms with Gasteiger partial charge >= 0.3 is 0 Å². The fourth-order valence-corrected chi connectivity index (χ4v) is 2.69. The summed E-state index contributed by atoms with van der Waals surface area (Å²) in [6.45, 7) is 10.4. The highest BCUT2D eigenvalue weighted by atomic mass is 32.2. The molecule has 0 bridgehead atoms. The van der Waals surface area contributed by atoms with Gasteiger partial charge in [-0.2, -0.15) is 0 Å². The van der Waals surface area contributed by atoms with Gasteiger partial charge in [-0.1, -0.05) is 26.0 Å². The molecule has 118 valence electrons. The molecular weight excluding hydrogens is 280 g/mol. The third kappa shape index (κ3) is 7.00. The minimum Gasteiger partial charge on any atom is -0.343 e. The smallest absolute Gasteiger partial charge is 0.232 e. The van der Waals surface area contributed by atoms with Crippen molar-refractivity contribution in [3.05, 3.63) is 29.8 Å². The molecule has 21 heavy (non-hydrogen) atoms. The summed E-state index contributed by atoms with van der Waals surface area (Å²) in [5.41, 5.74) is 1.27. The second kappa shape index (κ2) is 9.11. The first-order valence-electron chi connectivity index (χ1n) is 7.58. The van der Waals surface area contributed by atoms with Crippen LogP contribution in [0, 0.1) is 5.92 Å². The Labute approximate surface area is 133 Å². The topological polar surface area (TPSA) is 32.3 Å². The maximum absolute atomic E-state index is 12.0. The molecule has 1 N–H and O–H groups in total. The van der Waals surface area contributed by atoms with Gasteiger partial charge in [0.25, 0.3) is 0 Å². The second-order valence-corrected chi connectivity index (χ2v) is 7.11. The maximum atomic E-state index is 12.0. The van der Waals surface area contributed by atoms with Crippen molar-refractivity contribution in [3.8, 4) is 0 Å². The number of hydrogen-bond acceptors (Lipinski definition) is 3. The highest BCUT2D eigenvalue weighted by Gasteiger charge is 2.12. The average molecular weight is 308 g/mol. The van der Waals surface area contributed by atoms with Crippen LogP contribution in [0.1, 0.15) is 33.3 Å². The molecular formula is C17H28N2OS. The van der Waals surface area contributed by atoms with Crippen LogP contribution in [-0.4, -0.2) is 36.2 Å². The molecule has 1 rings (SSSR count). The van der Waals surface area contributed by atoms with Crippen LogP contribution in [0.25, 0.3) is 0 Å². The lowest BCUT2D eigenvalue weighted by Crippen LogP contribution is -2.34. The number of nitrogens with one attached hydrogen (secondary N) is 1. The molecule has 0 unspecified atom stereocenters. The Kier molecular flexibility index (Phi) is 7.83. The zero-order valence-corrected chi connectivity index (χ0v) is 14.7. The van der Waals surface area contributed by atoms with Crippen LogP contribution in [0.4, 0.5) is 0 Å². The van der Waals surface area contributed by atoms with E-state index < -0.39 is 0 Å². The van der Waals surface area contributed by atoms with Gasteiger partial charge in [0.2, 0.25) is 5.91 Å². The first-order valence-corrected chi connectivity index (χ1v) is 8.56. The van der Waals surface area contributed by atoms with Crippen molar-refractivity contribution in [3.63, 3.8) is 0 Å². The number of carbonyl (C=O) groups is 1. The fourth-order valence-electron chi connectivity index (χ4n) is 1.79. The molecule has 0 saturated heterocycles. The Morgan fingerprint density at radius 2 is 2.00 bits per heavy atom. The van der Waals surface area contributed by atoms with Gasteiger partial charge in [0.15, 0.2) is 0 Å². The molecule has 0 fully saturated rings. The van der Waals surface area contributed by atoms with E-state index in [0.717, 1.165) is 18.0 Å². The average Bonchev–Trinajstić information content (AvgIpc) is 2.44. The Bertz CT molecular complexity index is 446. The van der Waals surface area contributed by atoms with Gasteiger partial charge in [0, 0.05) is 24.5 Å². The zero-order chi connectivity index (χ0) is 15.8. The molecule has 0 aliphatic carbocycles. The lowest BCUT2D eigenvalue weighted by atomic mass is 10.2. The normalized spacial score (nSPS) is 11.2. The molecule has 1 amide bonds. The van der Waals surface area contributed by atoms with Gasteiger partial charge in [-0.05, 0) is 44.0 Å². The lowest BCUT2D eigenvalue weighted by molar-refractivity contribution is -0.128. The van der Waals surface area contributed by atoms with Crippen molar-refractivity contribution >= 4 is 17.7 Å². The summed E-state index contributed by atoms with van der Waals surface area (Å²) in [6, 6.07) is 8.68. The van der Waals surface area contributed by atoms with Gasteiger partial charge < -0.3 is 10.2 Å². The van der Waals surface area contributed by atoms with Crippen LogP contribution in [0.2, 0.25) is 0 Å². The van der Waals surface area contributed by atoms with Gasteiger partial charge in [-0.15, -0.1) is 11.8 Å². The van der Waals surface area contributed by atoms with E-state index in [0.29, 0.717) is 11.7 Å². The monoisotopic (exact) mass is 308 g/mol. The SMILES string of the molecule is CC(C)CNCc1cccc(SCC(=O)N(C)C(C)C)c1. The zero-order valence-electron chi connectivity index (χ0n) is 13.8. The Morgan fingerprint density at radius 1 is 1.29 bits per heavy atom. The molecule has 4 heteroatoms. The summed E-state index contributed by atoms with van der Waals surface area (Å²) in [5.74, 6) is 1.34. The number of carbonyl (C=O) groups excluding carboxylic acids is 1. The van der Waals surface area contributed by atoms with Crippen LogP contribution in [0.5, 0.6) is 0 Å². The predicted octanol–water partition coefficient (Wildman–Crippen LogP) is 3.39. The van der Waals surface area contributed by atoms with E-state index in [4.69, 9.17) is 0 Å². The summed E-state index contributed by atoms with van der Waals surface area (Å²) in [6.07, 6.45) is 0. The second-order valence-electron chi connectivity index (χ2n) is 6.06. The van der Waals surface area contributed by atoms with Gasteiger partial charge in [-0.25, -0.2) is 0 Å². The molecule has 0 saturated carbocycles. The standard InChI is InChI=1S/C17H28N2OS/c1-13(2)10-18-11-15-7-6-8-16(9-15)21-12-17(20)19(5)14(3)4/h6-9,13-14,18H,10-12H2,1-5H3. The largest absolute Gasteiger partial charge is 0.343 e. The summed E-state index contributed by atoms with van der Waals surface area (Å²) < 4.78 is 0. The summed E-state index contributed by atoms with van der Waals surface area (Å²) in [4.78, 5) is 14.9. The molecule has 0 radical (unpaired) electrons. The molecule has 0 atom stereocenters. The third-order valence-corrected chi connectivity index (χ3v) is 4.29. The van der Waals surface area contributed by atoms with Crippen molar-refractivity contribution in [1.29, 1.82) is 0 Å². The summed E-state index contributed by atoms with van der Waals surface area (Å²) in [5, 5.41) is 3.44. The van der Waals surface area contributed by atoms with Crippen LogP contribution in [0.3, 0.4) is 0 Å². The Balaban J connectivity index is 2.47. The van der Waals surface area contributed by atoms with Gasteiger partial charge in [0.1, 0.15) is 0 Å². The minimum absolute atomic E-state index is 0.179.